The summed E-state index contributed by atoms with van der Waals surface area (Å²) in [6.45, 7) is 4.62. The van der Waals surface area contributed by atoms with Crippen molar-refractivity contribution in [2.45, 2.75) is 26.2 Å². The molecule has 1 atom stereocenters. The highest BCUT2D eigenvalue weighted by molar-refractivity contribution is 6.22. The van der Waals surface area contributed by atoms with Crippen LogP contribution in [0.4, 0.5) is 0 Å². The molecule has 1 unspecified atom stereocenters. The average Bonchev–Trinajstić information content (AvgIpc) is 4.11. The van der Waals surface area contributed by atoms with E-state index in [1.54, 1.807) is 0 Å². The van der Waals surface area contributed by atoms with Gasteiger partial charge in [-0.1, -0.05) is 190 Å². The quantitative estimate of drug-likeness (QED) is 0.128. The number of benzene rings is 13. The zero-order valence-corrected chi connectivity index (χ0v) is 45.2. The summed E-state index contributed by atoms with van der Waals surface area (Å²) in [7, 11) is 0. The molecule has 0 aliphatic heterocycles. The predicted molar refractivity (Wildman–Crippen MR) is 345 cm³/mol. The fourth-order valence-electron chi connectivity index (χ4n) is 13.4. The monoisotopic (exact) mass is 1030 g/mol. The SMILES string of the molecule is CCC(C)c1ccc2c(c1)c1cc(-c3ccc4c(c3)c3cc(-c5ccc6c(c5)c5ccccc5n6-c5ccccc5)ccc3n4-c3ccc(-c4c5ccccc5c(-c5ccccc5)c5ccccc45)cc3)ccc1n2-c1ccccc1. The third-order valence-electron chi connectivity index (χ3n) is 17.5. The lowest BCUT2D eigenvalue weighted by Gasteiger charge is -2.18. The maximum Gasteiger partial charge on any atom is 0.0541 e. The molecule has 0 spiro atoms. The van der Waals surface area contributed by atoms with E-state index < -0.39 is 0 Å². The van der Waals surface area contributed by atoms with E-state index >= 15 is 0 Å². The Morgan fingerprint density at radius 1 is 0.247 bits per heavy atom. The molecule has 81 heavy (non-hydrogen) atoms. The standard InChI is InChI=1S/C78H55N3/c1-3-50(2)53-33-40-73-67(45-53)68-47-56(35-42-74(68)80(73)59-23-11-6-12-24-59)57-37-44-76-70(49-57)69-48-55(54-34-41-72-66(46-54)61-25-17-18-30-71(61)79(72)58-21-9-5-10-22-58)36-43-75(69)81(76)60-38-31-52(32-39-60)78-64-28-15-13-26-62(64)77(51-19-7-4-8-20-51)63-27-14-16-29-65(63)78/h4-50H,3H2,1-2H3. The van der Waals surface area contributed by atoms with Crippen LogP contribution in [0.25, 0.3) is 149 Å². The summed E-state index contributed by atoms with van der Waals surface area (Å²) >= 11 is 0. The van der Waals surface area contributed by atoms with Crippen molar-refractivity contribution in [1.82, 2.24) is 13.7 Å². The van der Waals surface area contributed by atoms with Crippen LogP contribution in [0.1, 0.15) is 31.7 Å². The van der Waals surface area contributed by atoms with Gasteiger partial charge in [0.2, 0.25) is 0 Å². The first kappa shape index (κ1) is 46.8. The van der Waals surface area contributed by atoms with Gasteiger partial charge in [-0.15, -0.1) is 0 Å². The average molecular weight is 1030 g/mol. The first-order valence-electron chi connectivity index (χ1n) is 28.5. The normalized spacial score (nSPS) is 12.3. The summed E-state index contributed by atoms with van der Waals surface area (Å²) in [5.41, 5.74) is 21.7. The molecule has 0 fully saturated rings. The van der Waals surface area contributed by atoms with Crippen molar-refractivity contribution in [3.8, 4) is 61.6 Å². The Morgan fingerprint density at radius 2 is 0.543 bits per heavy atom. The van der Waals surface area contributed by atoms with Gasteiger partial charge in [0.05, 0.1) is 33.1 Å². The topological polar surface area (TPSA) is 14.8 Å². The molecular weight excluding hydrogens is 979 g/mol. The van der Waals surface area contributed by atoms with Crippen LogP contribution in [-0.4, -0.2) is 13.7 Å². The van der Waals surface area contributed by atoms with Crippen LogP contribution in [0.5, 0.6) is 0 Å². The molecule has 0 radical (unpaired) electrons. The number of hydrogen-bond acceptors (Lipinski definition) is 0. The number of para-hydroxylation sites is 3. The Bertz CT molecular complexity index is 5080. The highest BCUT2D eigenvalue weighted by Gasteiger charge is 2.21. The molecule has 0 aliphatic carbocycles. The number of fused-ring (bicyclic) bond motifs is 11. The molecule has 0 bridgehead atoms. The van der Waals surface area contributed by atoms with Crippen LogP contribution in [-0.2, 0) is 0 Å². The van der Waals surface area contributed by atoms with Gasteiger partial charge in [0.1, 0.15) is 0 Å². The summed E-state index contributed by atoms with van der Waals surface area (Å²) in [4.78, 5) is 0. The molecule has 0 saturated heterocycles. The second kappa shape index (κ2) is 18.7. The van der Waals surface area contributed by atoms with Gasteiger partial charge in [-0.25, -0.2) is 0 Å². The first-order valence-corrected chi connectivity index (χ1v) is 28.5. The van der Waals surface area contributed by atoms with Gasteiger partial charge in [0.25, 0.3) is 0 Å². The maximum atomic E-state index is 2.47. The minimum atomic E-state index is 0.469. The summed E-state index contributed by atoms with van der Waals surface area (Å²) < 4.78 is 7.30. The van der Waals surface area contributed by atoms with Gasteiger partial charge in [-0.05, 0) is 187 Å². The van der Waals surface area contributed by atoms with Crippen molar-refractivity contribution < 1.29 is 0 Å². The van der Waals surface area contributed by atoms with Crippen LogP contribution < -0.4 is 0 Å². The molecule has 16 rings (SSSR count). The lowest BCUT2D eigenvalue weighted by Crippen LogP contribution is -1.95. The van der Waals surface area contributed by atoms with Crippen molar-refractivity contribution >= 4 is 87.0 Å². The molecular formula is C78H55N3. The molecule has 0 amide bonds. The number of nitrogens with zero attached hydrogens (tertiary/aromatic N) is 3. The van der Waals surface area contributed by atoms with E-state index in [9.17, 15) is 0 Å². The summed E-state index contributed by atoms with van der Waals surface area (Å²) in [5, 5.41) is 12.5. The summed E-state index contributed by atoms with van der Waals surface area (Å²) in [6.07, 6.45) is 1.10. The molecule has 3 aromatic heterocycles. The highest BCUT2D eigenvalue weighted by atomic mass is 15.0. The lowest BCUT2D eigenvalue weighted by molar-refractivity contribution is 0.735. The van der Waals surface area contributed by atoms with Gasteiger partial charge in [0.15, 0.2) is 0 Å². The Morgan fingerprint density at radius 3 is 0.963 bits per heavy atom. The Balaban J connectivity index is 0.886. The van der Waals surface area contributed by atoms with Crippen LogP contribution in [0.2, 0.25) is 0 Å². The molecule has 3 nitrogen and oxygen atoms in total. The van der Waals surface area contributed by atoms with Crippen molar-refractivity contribution in [3.63, 3.8) is 0 Å². The molecule has 3 heteroatoms. The van der Waals surface area contributed by atoms with Crippen molar-refractivity contribution in [2.24, 2.45) is 0 Å². The van der Waals surface area contributed by atoms with Gasteiger partial charge < -0.3 is 13.7 Å². The summed E-state index contributed by atoms with van der Waals surface area (Å²) in [5.74, 6) is 0.469. The predicted octanol–water partition coefficient (Wildman–Crippen LogP) is 21.5. The fraction of sp³-hybridized carbons (Fsp3) is 0.0513. The molecule has 16 aromatic rings. The van der Waals surface area contributed by atoms with Gasteiger partial charge in [-0.3, -0.25) is 0 Å². The summed E-state index contributed by atoms with van der Waals surface area (Å²) in [6, 6.07) is 104. The minimum Gasteiger partial charge on any atom is -0.309 e. The molecule has 0 aliphatic rings. The Hall–Kier alpha value is -10.2. The molecule has 382 valence electrons. The van der Waals surface area contributed by atoms with Gasteiger partial charge in [0, 0.05) is 49.4 Å². The largest absolute Gasteiger partial charge is 0.309 e. The molecule has 0 N–H and O–H groups in total. The maximum absolute atomic E-state index is 2.47. The van der Waals surface area contributed by atoms with Crippen LogP contribution in [0.3, 0.4) is 0 Å². The minimum absolute atomic E-state index is 0.469. The van der Waals surface area contributed by atoms with Gasteiger partial charge in [-0.2, -0.15) is 0 Å². The zero-order valence-electron chi connectivity index (χ0n) is 45.2. The smallest absolute Gasteiger partial charge is 0.0541 e. The number of hydrogen-bond donors (Lipinski definition) is 0. The van der Waals surface area contributed by atoms with Crippen molar-refractivity contribution in [2.75, 3.05) is 0 Å². The molecule has 13 aromatic carbocycles. The fourth-order valence-corrected chi connectivity index (χ4v) is 13.4. The van der Waals surface area contributed by atoms with Crippen molar-refractivity contribution in [3.05, 3.63) is 285 Å². The highest BCUT2D eigenvalue weighted by Crippen LogP contribution is 2.46. The third-order valence-corrected chi connectivity index (χ3v) is 17.5. The number of rotatable bonds is 9. The zero-order chi connectivity index (χ0) is 53.7. The van der Waals surface area contributed by atoms with Crippen LogP contribution in [0.15, 0.2) is 279 Å². The van der Waals surface area contributed by atoms with E-state index in [-0.39, 0.29) is 0 Å². The lowest BCUT2D eigenvalue weighted by atomic mass is 9.86. The Kier molecular flexibility index (Phi) is 10.8. The third kappa shape index (κ3) is 7.43. The van der Waals surface area contributed by atoms with E-state index in [1.807, 2.05) is 0 Å². The molecule has 0 saturated carbocycles. The van der Waals surface area contributed by atoms with E-state index in [4.69, 9.17) is 0 Å². The second-order valence-electron chi connectivity index (χ2n) is 22.0. The van der Waals surface area contributed by atoms with E-state index in [2.05, 4.69) is 307 Å². The van der Waals surface area contributed by atoms with Crippen LogP contribution in [0, 0.1) is 0 Å². The number of aromatic nitrogens is 3. The van der Waals surface area contributed by atoms with E-state index in [0.29, 0.717) is 5.92 Å². The Labute approximate surface area is 470 Å². The van der Waals surface area contributed by atoms with E-state index in [1.165, 1.54) is 143 Å². The first-order chi connectivity index (χ1) is 40.1. The van der Waals surface area contributed by atoms with Crippen LogP contribution >= 0.6 is 0 Å². The second-order valence-corrected chi connectivity index (χ2v) is 22.0. The van der Waals surface area contributed by atoms with Gasteiger partial charge >= 0.3 is 0 Å². The van der Waals surface area contributed by atoms with Crippen molar-refractivity contribution in [1.29, 1.82) is 0 Å². The molecule has 3 heterocycles. The van der Waals surface area contributed by atoms with E-state index in [0.717, 1.165) is 17.8 Å².